The van der Waals surface area contributed by atoms with Crippen LogP contribution >= 0.6 is 0 Å². The summed E-state index contributed by atoms with van der Waals surface area (Å²) in [6, 6.07) is 15.2. The zero-order valence-electron chi connectivity index (χ0n) is 15.6. The zero-order valence-corrected chi connectivity index (χ0v) is 15.6. The maximum Gasteiger partial charge on any atom is 0.337 e. The quantitative estimate of drug-likeness (QED) is 0.422. The summed E-state index contributed by atoms with van der Waals surface area (Å²) in [6.45, 7) is 0.455. The van der Waals surface area contributed by atoms with E-state index in [4.69, 9.17) is 12.6 Å². The van der Waals surface area contributed by atoms with Crippen molar-refractivity contribution in [1.29, 1.82) is 0 Å². The number of nitrogens with one attached hydrogen (secondary N) is 1. The van der Waals surface area contributed by atoms with Crippen LogP contribution in [0.4, 0.5) is 10.2 Å². The van der Waals surface area contributed by atoms with Crippen LogP contribution in [-0.4, -0.2) is 35.5 Å². The van der Waals surface area contributed by atoms with Gasteiger partial charge >= 0.3 is 5.97 Å². The maximum atomic E-state index is 14.3. The number of rotatable bonds is 5. The molecule has 2 aromatic carbocycles. The molecule has 2 radical (unpaired) electrons. The van der Waals surface area contributed by atoms with Crippen molar-refractivity contribution in [3.63, 3.8) is 0 Å². The van der Waals surface area contributed by atoms with Gasteiger partial charge in [-0.15, -0.1) is 0 Å². The van der Waals surface area contributed by atoms with Gasteiger partial charge in [0.2, 0.25) is 0 Å². The predicted octanol–water partition coefficient (Wildman–Crippen LogP) is 2.73. The highest BCUT2D eigenvalue weighted by Gasteiger charge is 2.13. The zero-order chi connectivity index (χ0) is 20.4. The number of hydrogen-bond acceptors (Lipinski definition) is 5. The fourth-order valence-corrected chi connectivity index (χ4v) is 2.98. The van der Waals surface area contributed by atoms with Crippen LogP contribution in [0.1, 0.15) is 15.9 Å². The Labute approximate surface area is 167 Å². The van der Waals surface area contributed by atoms with Gasteiger partial charge in [0.25, 0.3) is 0 Å². The molecule has 6 nitrogen and oxygen atoms in total. The number of benzene rings is 2. The van der Waals surface area contributed by atoms with Crippen LogP contribution in [0.5, 0.6) is 0 Å². The van der Waals surface area contributed by atoms with Crippen LogP contribution in [0, 0.1) is 5.82 Å². The molecule has 8 heteroatoms. The second-order valence-corrected chi connectivity index (χ2v) is 6.38. The maximum absolute atomic E-state index is 14.3. The van der Waals surface area contributed by atoms with E-state index in [1.54, 1.807) is 40.9 Å². The summed E-state index contributed by atoms with van der Waals surface area (Å²) in [6.07, 6.45) is 1.50. The number of hydrogen-bond donors (Lipinski definition) is 1. The summed E-state index contributed by atoms with van der Waals surface area (Å²) in [7, 11) is 7.33. The Kier molecular flexibility index (Phi) is 4.99. The Balaban J connectivity index is 1.66. The van der Waals surface area contributed by atoms with Gasteiger partial charge in [-0.3, -0.25) is 0 Å². The Bertz CT molecular complexity index is 1190. The van der Waals surface area contributed by atoms with Gasteiger partial charge in [0.05, 0.1) is 18.4 Å². The van der Waals surface area contributed by atoms with Gasteiger partial charge in [-0.2, -0.15) is 9.61 Å². The summed E-state index contributed by atoms with van der Waals surface area (Å²) in [4.78, 5) is 16.0. The highest BCUT2D eigenvalue weighted by Crippen LogP contribution is 2.24. The van der Waals surface area contributed by atoms with Crippen molar-refractivity contribution < 1.29 is 13.9 Å². The first-order valence-corrected chi connectivity index (χ1v) is 8.87. The predicted molar refractivity (Wildman–Crippen MR) is 109 cm³/mol. The van der Waals surface area contributed by atoms with Crippen molar-refractivity contribution in [3.05, 3.63) is 77.7 Å². The lowest BCUT2D eigenvalue weighted by molar-refractivity contribution is 0.0600. The van der Waals surface area contributed by atoms with Gasteiger partial charge in [0, 0.05) is 24.4 Å². The highest BCUT2D eigenvalue weighted by molar-refractivity contribution is 6.36. The van der Waals surface area contributed by atoms with E-state index >= 15 is 0 Å². The van der Waals surface area contributed by atoms with Crippen LogP contribution in [0.3, 0.4) is 0 Å². The van der Waals surface area contributed by atoms with E-state index in [2.05, 4.69) is 15.4 Å². The Hall–Kier alpha value is -3.68. The third-order valence-corrected chi connectivity index (χ3v) is 4.50. The molecule has 0 unspecified atom stereocenters. The number of halogens is 1. The van der Waals surface area contributed by atoms with Crippen LogP contribution in [0.15, 0.2) is 60.8 Å². The van der Waals surface area contributed by atoms with Crippen molar-refractivity contribution in [2.45, 2.75) is 6.54 Å². The Morgan fingerprint density at radius 1 is 1.21 bits per heavy atom. The lowest BCUT2D eigenvalue weighted by Gasteiger charge is -2.12. The fraction of sp³-hybridized carbons (Fsp3) is 0.0952. The SMILES string of the molecule is [B]c1cnn2c(NCc3ccc(C(=O)OC)cc3)cc(-c3ccccc3F)nc12. The lowest BCUT2D eigenvalue weighted by Crippen LogP contribution is -2.10. The number of aromatic nitrogens is 3. The van der Waals surface area contributed by atoms with Crippen LogP contribution in [0.2, 0.25) is 0 Å². The summed E-state index contributed by atoms with van der Waals surface area (Å²) in [5, 5.41) is 7.52. The molecule has 0 aliphatic rings. The van der Waals surface area contributed by atoms with Gasteiger partial charge < -0.3 is 10.1 Å². The molecule has 0 saturated heterocycles. The normalized spacial score (nSPS) is 10.8. The number of carbonyl (C=O) groups excluding carboxylic acids is 1. The molecule has 0 atom stereocenters. The highest BCUT2D eigenvalue weighted by atomic mass is 19.1. The van der Waals surface area contributed by atoms with E-state index in [1.165, 1.54) is 19.4 Å². The summed E-state index contributed by atoms with van der Waals surface area (Å²) < 4.78 is 20.5. The largest absolute Gasteiger partial charge is 0.465 e. The number of methoxy groups -OCH3 is 1. The molecule has 2 heterocycles. The monoisotopic (exact) mass is 386 g/mol. The first kappa shape index (κ1) is 18.7. The summed E-state index contributed by atoms with van der Waals surface area (Å²) in [5.41, 5.74) is 3.08. The average molecular weight is 386 g/mol. The fourth-order valence-electron chi connectivity index (χ4n) is 2.98. The molecule has 2 aromatic heterocycles. The number of ether oxygens (including phenoxy) is 1. The molecule has 29 heavy (non-hydrogen) atoms. The topological polar surface area (TPSA) is 68.5 Å². The molecule has 0 aliphatic heterocycles. The van der Waals surface area contributed by atoms with Crippen molar-refractivity contribution >= 4 is 30.7 Å². The molecule has 0 spiro atoms. The van der Waals surface area contributed by atoms with Crippen LogP contribution in [-0.2, 0) is 11.3 Å². The van der Waals surface area contributed by atoms with Crippen LogP contribution in [0.25, 0.3) is 16.9 Å². The Morgan fingerprint density at radius 3 is 2.69 bits per heavy atom. The van der Waals surface area contributed by atoms with Gasteiger partial charge in [-0.25, -0.2) is 14.2 Å². The number of anilines is 1. The van der Waals surface area contributed by atoms with E-state index in [-0.39, 0.29) is 11.8 Å². The number of nitrogens with zero attached hydrogens (tertiary/aromatic N) is 3. The van der Waals surface area contributed by atoms with Crippen molar-refractivity contribution in [2.75, 3.05) is 12.4 Å². The van der Waals surface area contributed by atoms with E-state index in [1.807, 2.05) is 12.1 Å². The molecule has 0 bridgehead atoms. The minimum atomic E-state index is -0.387. The lowest BCUT2D eigenvalue weighted by atomic mass is 10.0. The van der Waals surface area contributed by atoms with Crippen molar-refractivity contribution in [2.24, 2.45) is 0 Å². The van der Waals surface area contributed by atoms with Gasteiger partial charge in [0.1, 0.15) is 19.5 Å². The third-order valence-electron chi connectivity index (χ3n) is 4.50. The second kappa shape index (κ2) is 7.75. The summed E-state index contributed by atoms with van der Waals surface area (Å²) in [5.74, 6) is -0.143. The molecular weight excluding hydrogens is 370 g/mol. The molecule has 142 valence electrons. The van der Waals surface area contributed by atoms with Gasteiger partial charge in [-0.1, -0.05) is 24.3 Å². The van der Waals surface area contributed by atoms with Crippen LogP contribution < -0.4 is 10.8 Å². The van der Waals surface area contributed by atoms with Crippen molar-refractivity contribution in [3.8, 4) is 11.3 Å². The minimum absolute atomic E-state index is 0.369. The number of fused-ring (bicyclic) bond motifs is 1. The Morgan fingerprint density at radius 2 is 1.97 bits per heavy atom. The van der Waals surface area contributed by atoms with Crippen molar-refractivity contribution in [1.82, 2.24) is 14.6 Å². The standard InChI is InChI=1S/C21H16BFN4O2/c1-29-21(28)14-8-6-13(7-9-14)11-24-19-10-18(15-4-2-3-5-17(15)23)26-20-16(22)12-25-27(19)20/h2-10,12,24H,11H2,1H3. The first-order chi connectivity index (χ1) is 14.1. The van der Waals surface area contributed by atoms with E-state index in [0.29, 0.717) is 40.3 Å². The smallest absolute Gasteiger partial charge is 0.337 e. The molecule has 0 saturated carbocycles. The van der Waals surface area contributed by atoms with Gasteiger partial charge in [-0.05, 0) is 35.3 Å². The molecule has 1 N–H and O–H groups in total. The third kappa shape index (κ3) is 3.69. The molecule has 0 aliphatic carbocycles. The minimum Gasteiger partial charge on any atom is -0.465 e. The molecule has 4 rings (SSSR count). The van der Waals surface area contributed by atoms with Gasteiger partial charge in [0.15, 0.2) is 5.65 Å². The number of carbonyl (C=O) groups is 1. The first-order valence-electron chi connectivity index (χ1n) is 8.87. The molecular formula is C21H16BFN4O2. The summed E-state index contributed by atoms with van der Waals surface area (Å²) >= 11 is 0. The van der Waals surface area contributed by atoms with E-state index in [0.717, 1.165) is 5.56 Å². The van der Waals surface area contributed by atoms with E-state index in [9.17, 15) is 9.18 Å². The average Bonchev–Trinajstić information content (AvgIpc) is 3.13. The molecule has 0 amide bonds. The molecule has 0 fully saturated rings. The second-order valence-electron chi connectivity index (χ2n) is 6.38. The van der Waals surface area contributed by atoms with E-state index < -0.39 is 0 Å². The number of esters is 1. The molecule has 4 aromatic rings.